The Bertz CT molecular complexity index is 695. The van der Waals surface area contributed by atoms with Crippen LogP contribution in [0.3, 0.4) is 0 Å². The molecule has 3 N–H and O–H groups in total. The number of carbonyl (C=O) groups excluding carboxylic acids is 1. The predicted octanol–water partition coefficient (Wildman–Crippen LogP) is 1.64. The van der Waals surface area contributed by atoms with Crippen LogP contribution < -0.4 is 10.0 Å². The molecule has 8 heteroatoms. The van der Waals surface area contributed by atoms with Gasteiger partial charge in [-0.1, -0.05) is 12.5 Å². The second kappa shape index (κ2) is 5.96. The molecule has 0 aliphatic heterocycles. The average molecular weight is 326 g/mol. The molecule has 1 aliphatic carbocycles. The number of aliphatic carboxylic acids is 1. The lowest BCUT2D eigenvalue weighted by molar-refractivity contribution is -0.157. The summed E-state index contributed by atoms with van der Waals surface area (Å²) in [4.78, 5) is 23.3. The van der Waals surface area contributed by atoms with Gasteiger partial charge in [0.2, 0.25) is 15.9 Å². The molecule has 1 aromatic carbocycles. The molecule has 1 aliphatic rings. The molecule has 0 unspecified atom stereocenters. The van der Waals surface area contributed by atoms with Crippen molar-refractivity contribution < 1.29 is 23.1 Å². The third-order valence-corrected chi connectivity index (χ3v) is 4.32. The maximum absolute atomic E-state index is 12.0. The summed E-state index contributed by atoms with van der Waals surface area (Å²) in [5.74, 6) is -1.33. The van der Waals surface area contributed by atoms with Crippen molar-refractivity contribution in [3.05, 3.63) is 24.3 Å². The fourth-order valence-corrected chi connectivity index (χ4v) is 3.01. The lowest BCUT2D eigenvalue weighted by Gasteiger charge is -2.36. The van der Waals surface area contributed by atoms with Gasteiger partial charge in [-0.2, -0.15) is 0 Å². The van der Waals surface area contributed by atoms with E-state index in [1.165, 1.54) is 6.07 Å². The monoisotopic (exact) mass is 326 g/mol. The van der Waals surface area contributed by atoms with E-state index in [2.05, 4.69) is 10.0 Å². The van der Waals surface area contributed by atoms with Crippen molar-refractivity contribution in [2.75, 3.05) is 16.3 Å². The van der Waals surface area contributed by atoms with Gasteiger partial charge in [-0.25, -0.2) is 8.42 Å². The van der Waals surface area contributed by atoms with E-state index in [1.54, 1.807) is 18.2 Å². The van der Waals surface area contributed by atoms with Gasteiger partial charge >= 0.3 is 5.97 Å². The number of carbonyl (C=O) groups is 2. The Labute approximate surface area is 128 Å². The molecule has 0 aromatic heterocycles. The van der Waals surface area contributed by atoms with Gasteiger partial charge in [0.05, 0.1) is 17.4 Å². The zero-order chi connectivity index (χ0) is 16.4. The number of sulfonamides is 1. The van der Waals surface area contributed by atoms with E-state index in [1.807, 2.05) is 0 Å². The Hall–Kier alpha value is -2.09. The van der Waals surface area contributed by atoms with E-state index in [-0.39, 0.29) is 6.42 Å². The highest BCUT2D eigenvalue weighted by molar-refractivity contribution is 7.92. The van der Waals surface area contributed by atoms with E-state index >= 15 is 0 Å². The molecule has 7 nitrogen and oxygen atoms in total. The molecule has 120 valence electrons. The molecule has 0 saturated heterocycles. The Morgan fingerprint density at radius 3 is 2.41 bits per heavy atom. The van der Waals surface area contributed by atoms with Crippen molar-refractivity contribution >= 4 is 33.3 Å². The number of carboxylic acid groups (broad SMARTS) is 1. The summed E-state index contributed by atoms with van der Waals surface area (Å²) in [6, 6.07) is 6.24. The maximum atomic E-state index is 12.0. The second-order valence-corrected chi connectivity index (χ2v) is 7.37. The summed E-state index contributed by atoms with van der Waals surface area (Å²) in [5.41, 5.74) is -0.206. The molecule has 0 heterocycles. The highest BCUT2D eigenvalue weighted by Crippen LogP contribution is 2.44. The topological polar surface area (TPSA) is 113 Å². The molecule has 0 radical (unpaired) electrons. The molecule has 0 spiro atoms. The van der Waals surface area contributed by atoms with E-state index in [0.717, 1.165) is 12.7 Å². The van der Waals surface area contributed by atoms with E-state index in [4.69, 9.17) is 0 Å². The largest absolute Gasteiger partial charge is 0.481 e. The summed E-state index contributed by atoms with van der Waals surface area (Å²) in [5, 5.41) is 11.8. The maximum Gasteiger partial charge on any atom is 0.310 e. The number of anilines is 2. The van der Waals surface area contributed by atoms with Gasteiger partial charge in [0, 0.05) is 12.1 Å². The molecule has 1 aromatic rings. The van der Waals surface area contributed by atoms with Crippen LogP contribution in [0.5, 0.6) is 0 Å². The van der Waals surface area contributed by atoms with Gasteiger partial charge in [0.1, 0.15) is 0 Å². The SMILES string of the molecule is CS(=O)(=O)Nc1cccc(NC(=O)CC2(C(=O)O)CCC2)c1. The summed E-state index contributed by atoms with van der Waals surface area (Å²) >= 11 is 0. The lowest BCUT2D eigenvalue weighted by Crippen LogP contribution is -2.41. The van der Waals surface area contributed by atoms with E-state index in [0.29, 0.717) is 24.2 Å². The summed E-state index contributed by atoms with van der Waals surface area (Å²) < 4.78 is 24.7. The molecule has 1 saturated carbocycles. The van der Waals surface area contributed by atoms with Crippen LogP contribution in [0.2, 0.25) is 0 Å². The summed E-state index contributed by atoms with van der Waals surface area (Å²) in [7, 11) is -3.40. The Balaban J connectivity index is 2.03. The zero-order valence-corrected chi connectivity index (χ0v) is 12.9. The first-order chi connectivity index (χ1) is 10.2. The van der Waals surface area contributed by atoms with Crippen LogP contribution in [0, 0.1) is 5.41 Å². The highest BCUT2D eigenvalue weighted by Gasteiger charge is 2.45. The van der Waals surface area contributed by atoms with Crippen molar-refractivity contribution in [3.8, 4) is 0 Å². The minimum Gasteiger partial charge on any atom is -0.481 e. The first-order valence-electron chi connectivity index (χ1n) is 6.81. The average Bonchev–Trinajstić information content (AvgIpc) is 2.31. The van der Waals surface area contributed by atoms with Gasteiger partial charge in [-0.15, -0.1) is 0 Å². The first-order valence-corrected chi connectivity index (χ1v) is 8.70. The standard InChI is InChI=1S/C14H18N2O5S/c1-22(20,21)16-11-5-2-4-10(8-11)15-12(17)9-14(13(18)19)6-3-7-14/h2,4-5,8,16H,3,6-7,9H2,1H3,(H,15,17)(H,18,19). The Morgan fingerprint density at radius 2 is 1.91 bits per heavy atom. The van der Waals surface area contributed by atoms with Crippen LogP contribution in [0.15, 0.2) is 24.3 Å². The molecular formula is C14H18N2O5S. The number of rotatable bonds is 6. The summed E-state index contributed by atoms with van der Waals surface area (Å²) in [6.45, 7) is 0. The summed E-state index contributed by atoms with van der Waals surface area (Å²) in [6.07, 6.45) is 2.78. The predicted molar refractivity (Wildman–Crippen MR) is 82.1 cm³/mol. The Kier molecular flexibility index (Phi) is 4.41. The lowest BCUT2D eigenvalue weighted by atomic mass is 9.66. The third-order valence-electron chi connectivity index (χ3n) is 3.71. The number of amides is 1. The second-order valence-electron chi connectivity index (χ2n) is 5.62. The van der Waals surface area contributed by atoms with Gasteiger partial charge < -0.3 is 10.4 Å². The number of hydrogen-bond acceptors (Lipinski definition) is 4. The van der Waals surface area contributed by atoms with Crippen LogP contribution >= 0.6 is 0 Å². The normalized spacial score (nSPS) is 16.4. The number of benzene rings is 1. The van der Waals surface area contributed by atoms with Crippen LogP contribution in [0.4, 0.5) is 11.4 Å². The number of nitrogens with one attached hydrogen (secondary N) is 2. The van der Waals surface area contributed by atoms with Crippen molar-refractivity contribution in [2.45, 2.75) is 25.7 Å². The zero-order valence-electron chi connectivity index (χ0n) is 12.1. The first kappa shape index (κ1) is 16.3. The Morgan fingerprint density at radius 1 is 1.27 bits per heavy atom. The molecule has 2 rings (SSSR count). The van der Waals surface area contributed by atoms with Gasteiger partial charge in [-0.05, 0) is 31.0 Å². The van der Waals surface area contributed by atoms with Gasteiger partial charge in [-0.3, -0.25) is 14.3 Å². The number of carboxylic acids is 1. The molecule has 1 fully saturated rings. The third kappa shape index (κ3) is 3.97. The molecule has 22 heavy (non-hydrogen) atoms. The quantitative estimate of drug-likeness (QED) is 0.735. The van der Waals surface area contributed by atoms with Crippen molar-refractivity contribution in [1.82, 2.24) is 0 Å². The minimum absolute atomic E-state index is 0.0773. The highest BCUT2D eigenvalue weighted by atomic mass is 32.2. The van der Waals surface area contributed by atoms with Crippen LogP contribution in [0.25, 0.3) is 0 Å². The smallest absolute Gasteiger partial charge is 0.310 e. The molecule has 0 bridgehead atoms. The van der Waals surface area contributed by atoms with Crippen molar-refractivity contribution in [2.24, 2.45) is 5.41 Å². The van der Waals surface area contributed by atoms with Gasteiger partial charge in [0.15, 0.2) is 0 Å². The molecule has 0 atom stereocenters. The van der Waals surface area contributed by atoms with Gasteiger partial charge in [0.25, 0.3) is 0 Å². The molecular weight excluding hydrogens is 308 g/mol. The van der Waals surface area contributed by atoms with Crippen molar-refractivity contribution in [3.63, 3.8) is 0 Å². The van der Waals surface area contributed by atoms with Crippen molar-refractivity contribution in [1.29, 1.82) is 0 Å². The molecule has 1 amide bonds. The van der Waals surface area contributed by atoms with E-state index in [9.17, 15) is 23.1 Å². The fourth-order valence-electron chi connectivity index (χ4n) is 2.46. The minimum atomic E-state index is -3.40. The van der Waals surface area contributed by atoms with E-state index < -0.39 is 27.3 Å². The van der Waals surface area contributed by atoms with Crippen LogP contribution in [0.1, 0.15) is 25.7 Å². The fraction of sp³-hybridized carbons (Fsp3) is 0.429. The van der Waals surface area contributed by atoms with Crippen LogP contribution in [-0.4, -0.2) is 31.7 Å². The number of hydrogen-bond donors (Lipinski definition) is 3. The van der Waals surface area contributed by atoms with Crippen LogP contribution in [-0.2, 0) is 19.6 Å².